The molecule has 0 bridgehead atoms. The van der Waals surface area contributed by atoms with Gasteiger partial charge in [0.2, 0.25) is 0 Å². The van der Waals surface area contributed by atoms with Crippen LogP contribution in [0.5, 0.6) is 0 Å². The molecule has 102 valence electrons. The Labute approximate surface area is 111 Å². The van der Waals surface area contributed by atoms with Gasteiger partial charge in [-0.2, -0.15) is 0 Å². The van der Waals surface area contributed by atoms with Gasteiger partial charge in [-0.3, -0.25) is 4.90 Å². The highest BCUT2D eigenvalue weighted by molar-refractivity contribution is 5.98. The third-order valence-electron chi connectivity index (χ3n) is 3.00. The molecule has 1 heterocycles. The smallest absolute Gasteiger partial charge is 0.415 e. The number of fused-ring (bicyclic) bond motifs is 1. The normalized spacial score (nSPS) is 17.4. The van der Waals surface area contributed by atoms with Crippen LogP contribution >= 0.6 is 0 Å². The van der Waals surface area contributed by atoms with Crippen LogP contribution in [0.1, 0.15) is 19.4 Å². The fourth-order valence-electron chi connectivity index (χ4n) is 2.12. The number of para-hydroxylation sites is 1. The molecule has 1 aliphatic heterocycles. The Morgan fingerprint density at radius 2 is 2.11 bits per heavy atom. The summed E-state index contributed by atoms with van der Waals surface area (Å²) in [6, 6.07) is 6.32. The number of hydrogen-bond acceptors (Lipinski definition) is 3. The van der Waals surface area contributed by atoms with Crippen molar-refractivity contribution in [2.45, 2.75) is 26.3 Å². The molecule has 2 rings (SSSR count). The van der Waals surface area contributed by atoms with E-state index in [2.05, 4.69) is 0 Å². The van der Waals surface area contributed by atoms with E-state index in [1.54, 1.807) is 12.1 Å². The number of anilines is 1. The second kappa shape index (κ2) is 5.30. The Bertz CT molecular complexity index is 498. The number of aliphatic carboxylic acids is 1. The first-order valence-electron chi connectivity index (χ1n) is 6.27. The number of carbonyl (C=O) groups excluding carboxylic acids is 1. The summed E-state index contributed by atoms with van der Waals surface area (Å²) in [5.41, 5.74) is 1.49. The average Bonchev–Trinajstić information content (AvgIpc) is 2.75. The van der Waals surface area contributed by atoms with Gasteiger partial charge >= 0.3 is 12.1 Å². The maximum atomic E-state index is 12.1. The number of rotatable bonds is 3. The summed E-state index contributed by atoms with van der Waals surface area (Å²) in [5.74, 6) is -0.803. The molecule has 0 spiro atoms. The van der Waals surface area contributed by atoms with E-state index in [1.807, 2.05) is 26.0 Å². The topological polar surface area (TPSA) is 66.8 Å². The first kappa shape index (κ1) is 13.4. The lowest BCUT2D eigenvalue weighted by molar-refractivity contribution is -0.138. The Morgan fingerprint density at radius 3 is 2.74 bits per heavy atom. The number of ether oxygens (including phenoxy) is 1. The van der Waals surface area contributed by atoms with Gasteiger partial charge < -0.3 is 9.84 Å². The third-order valence-corrected chi connectivity index (χ3v) is 3.00. The molecule has 19 heavy (non-hydrogen) atoms. The van der Waals surface area contributed by atoms with Crippen molar-refractivity contribution in [3.05, 3.63) is 29.8 Å². The van der Waals surface area contributed by atoms with Crippen LogP contribution in [0.3, 0.4) is 0 Å². The first-order valence-corrected chi connectivity index (χ1v) is 6.27. The van der Waals surface area contributed by atoms with Crippen LogP contribution in [-0.2, 0) is 16.0 Å². The number of carboxylic acids is 1. The number of amides is 1. The van der Waals surface area contributed by atoms with E-state index in [1.165, 1.54) is 4.90 Å². The van der Waals surface area contributed by atoms with Crippen molar-refractivity contribution >= 4 is 17.7 Å². The second-order valence-corrected chi connectivity index (χ2v) is 5.03. The largest absolute Gasteiger partial charge is 0.480 e. The van der Waals surface area contributed by atoms with Gasteiger partial charge in [-0.15, -0.1) is 0 Å². The number of benzene rings is 1. The van der Waals surface area contributed by atoms with Crippen LogP contribution in [0.25, 0.3) is 0 Å². The minimum Gasteiger partial charge on any atom is -0.480 e. The minimum atomic E-state index is -1.02. The number of carboxylic acid groups (broad SMARTS) is 1. The van der Waals surface area contributed by atoms with E-state index in [-0.39, 0.29) is 12.5 Å². The van der Waals surface area contributed by atoms with E-state index in [0.717, 1.165) is 5.56 Å². The maximum Gasteiger partial charge on any atom is 0.415 e. The van der Waals surface area contributed by atoms with E-state index >= 15 is 0 Å². The van der Waals surface area contributed by atoms with Crippen LogP contribution < -0.4 is 4.90 Å². The third kappa shape index (κ3) is 2.70. The summed E-state index contributed by atoms with van der Waals surface area (Å²) in [6.07, 6.45) is -0.270. The fraction of sp³-hybridized carbons (Fsp3) is 0.429. The predicted molar refractivity (Wildman–Crippen MR) is 70.2 cm³/mol. The quantitative estimate of drug-likeness (QED) is 0.908. The molecule has 1 amide bonds. The van der Waals surface area contributed by atoms with Crippen molar-refractivity contribution in [2.24, 2.45) is 5.92 Å². The fourth-order valence-corrected chi connectivity index (χ4v) is 2.12. The Morgan fingerprint density at radius 1 is 1.42 bits per heavy atom. The standard InChI is InChI=1S/C14H17NO4/c1-9(2)8-19-14(18)15-11-6-4-3-5-10(11)7-12(15)13(16)17/h3-6,9,12H,7-8H2,1-2H3,(H,16,17). The molecule has 1 atom stereocenters. The molecular formula is C14H17NO4. The maximum absolute atomic E-state index is 12.1. The van der Waals surface area contributed by atoms with Gasteiger partial charge in [0.05, 0.1) is 12.3 Å². The molecule has 0 aliphatic carbocycles. The van der Waals surface area contributed by atoms with Crippen molar-refractivity contribution in [2.75, 3.05) is 11.5 Å². The summed E-state index contributed by atoms with van der Waals surface area (Å²) >= 11 is 0. The molecular weight excluding hydrogens is 246 g/mol. The summed E-state index contributed by atoms with van der Waals surface area (Å²) in [5, 5.41) is 9.23. The van der Waals surface area contributed by atoms with Gasteiger partial charge in [0.25, 0.3) is 0 Å². The molecule has 5 heteroatoms. The van der Waals surface area contributed by atoms with Gasteiger partial charge in [0.1, 0.15) is 6.04 Å². The van der Waals surface area contributed by atoms with Crippen LogP contribution in [0.4, 0.5) is 10.5 Å². The number of carbonyl (C=O) groups is 2. The molecule has 0 aromatic heterocycles. The van der Waals surface area contributed by atoms with Crippen LogP contribution in [-0.4, -0.2) is 29.8 Å². The van der Waals surface area contributed by atoms with Crippen molar-refractivity contribution < 1.29 is 19.4 Å². The minimum absolute atomic E-state index is 0.213. The van der Waals surface area contributed by atoms with Crippen molar-refractivity contribution in [3.8, 4) is 0 Å². The first-order chi connectivity index (χ1) is 9.00. The van der Waals surface area contributed by atoms with Gasteiger partial charge in [-0.1, -0.05) is 32.0 Å². The lowest BCUT2D eigenvalue weighted by Crippen LogP contribution is -2.43. The summed E-state index contributed by atoms with van der Waals surface area (Å²) in [7, 11) is 0. The highest BCUT2D eigenvalue weighted by Gasteiger charge is 2.39. The van der Waals surface area contributed by atoms with Crippen LogP contribution in [0.2, 0.25) is 0 Å². The van der Waals surface area contributed by atoms with E-state index in [0.29, 0.717) is 12.1 Å². The number of nitrogens with zero attached hydrogens (tertiary/aromatic N) is 1. The second-order valence-electron chi connectivity index (χ2n) is 5.03. The monoisotopic (exact) mass is 263 g/mol. The van der Waals surface area contributed by atoms with E-state index in [9.17, 15) is 14.7 Å². The van der Waals surface area contributed by atoms with Crippen molar-refractivity contribution in [3.63, 3.8) is 0 Å². The highest BCUT2D eigenvalue weighted by Crippen LogP contribution is 2.32. The molecule has 1 aromatic rings. The van der Waals surface area contributed by atoms with Gasteiger partial charge in [0.15, 0.2) is 0 Å². The zero-order valence-corrected chi connectivity index (χ0v) is 11.0. The Balaban J connectivity index is 2.24. The SMILES string of the molecule is CC(C)COC(=O)N1c2ccccc2CC1C(=O)O. The Hall–Kier alpha value is -2.04. The van der Waals surface area contributed by atoms with Crippen molar-refractivity contribution in [1.29, 1.82) is 0 Å². The molecule has 1 N–H and O–H groups in total. The molecule has 0 fully saturated rings. The molecule has 0 saturated carbocycles. The van der Waals surface area contributed by atoms with Gasteiger partial charge in [-0.05, 0) is 17.5 Å². The predicted octanol–water partition coefficient (Wildman–Crippen LogP) is 2.29. The lowest BCUT2D eigenvalue weighted by atomic mass is 10.1. The summed E-state index contributed by atoms with van der Waals surface area (Å²) in [4.78, 5) is 24.6. The number of hydrogen-bond donors (Lipinski definition) is 1. The molecule has 1 aliphatic rings. The van der Waals surface area contributed by atoms with E-state index < -0.39 is 18.1 Å². The zero-order chi connectivity index (χ0) is 14.0. The molecule has 1 aromatic carbocycles. The average molecular weight is 263 g/mol. The highest BCUT2D eigenvalue weighted by atomic mass is 16.6. The van der Waals surface area contributed by atoms with Crippen LogP contribution in [0, 0.1) is 5.92 Å². The van der Waals surface area contributed by atoms with Crippen LogP contribution in [0.15, 0.2) is 24.3 Å². The molecule has 0 saturated heterocycles. The van der Waals surface area contributed by atoms with Gasteiger partial charge in [0, 0.05) is 6.42 Å². The van der Waals surface area contributed by atoms with E-state index in [4.69, 9.17) is 4.74 Å². The molecule has 1 unspecified atom stereocenters. The zero-order valence-electron chi connectivity index (χ0n) is 11.0. The summed E-state index contributed by atoms with van der Waals surface area (Å²) in [6.45, 7) is 4.14. The molecule has 5 nitrogen and oxygen atoms in total. The van der Waals surface area contributed by atoms with Gasteiger partial charge in [-0.25, -0.2) is 9.59 Å². The lowest BCUT2D eigenvalue weighted by Gasteiger charge is -2.22. The summed E-state index contributed by atoms with van der Waals surface area (Å²) < 4.78 is 5.15. The molecule has 0 radical (unpaired) electrons. The Kier molecular flexibility index (Phi) is 3.74. The van der Waals surface area contributed by atoms with Crippen molar-refractivity contribution in [1.82, 2.24) is 0 Å².